The first kappa shape index (κ1) is 26.4. The molecule has 0 aliphatic carbocycles. The molecule has 0 fully saturated rings. The van der Waals surface area contributed by atoms with Gasteiger partial charge in [0, 0.05) is 6.42 Å². The third-order valence-corrected chi connectivity index (χ3v) is 6.66. The minimum atomic E-state index is -1.06. The van der Waals surface area contributed by atoms with Crippen LogP contribution in [0.2, 0.25) is 0 Å². The topological polar surface area (TPSA) is 133 Å². The van der Waals surface area contributed by atoms with Crippen LogP contribution in [0, 0.1) is 18.3 Å². The van der Waals surface area contributed by atoms with E-state index in [9.17, 15) is 15.2 Å². The SMILES string of the molecule is CCOc1cc(C2C(C#N)=C(N)Oc3c2c(C)nn3-c2cccc(C(=O)O)c2)ccc1OCCc1ccccc1. The highest BCUT2D eigenvalue weighted by Gasteiger charge is 2.36. The Hall–Kier alpha value is -5.23. The van der Waals surface area contributed by atoms with E-state index in [-0.39, 0.29) is 17.0 Å². The van der Waals surface area contributed by atoms with E-state index in [1.165, 1.54) is 22.4 Å². The smallest absolute Gasteiger partial charge is 0.335 e. The molecule has 5 rings (SSSR count). The van der Waals surface area contributed by atoms with Crippen molar-refractivity contribution < 1.29 is 24.1 Å². The second kappa shape index (κ2) is 11.3. The van der Waals surface area contributed by atoms with E-state index in [0.717, 1.165) is 12.0 Å². The number of allylic oxidation sites excluding steroid dienone is 1. The summed E-state index contributed by atoms with van der Waals surface area (Å²) >= 11 is 0. The van der Waals surface area contributed by atoms with Gasteiger partial charge >= 0.3 is 5.97 Å². The molecule has 1 aromatic heterocycles. The normalized spacial score (nSPS) is 14.2. The molecule has 1 atom stereocenters. The van der Waals surface area contributed by atoms with Crippen LogP contribution in [-0.2, 0) is 6.42 Å². The van der Waals surface area contributed by atoms with Gasteiger partial charge in [-0.25, -0.2) is 9.48 Å². The van der Waals surface area contributed by atoms with Gasteiger partial charge in [-0.2, -0.15) is 10.4 Å². The summed E-state index contributed by atoms with van der Waals surface area (Å²) in [5.41, 5.74) is 10.3. The van der Waals surface area contributed by atoms with E-state index in [0.29, 0.717) is 47.5 Å². The number of carboxylic acid groups (broad SMARTS) is 1. The fourth-order valence-electron chi connectivity index (χ4n) is 4.81. The van der Waals surface area contributed by atoms with Crippen LogP contribution in [0.3, 0.4) is 0 Å². The summed E-state index contributed by atoms with van der Waals surface area (Å²) in [6.45, 7) is 4.61. The molecule has 1 unspecified atom stereocenters. The molecule has 3 N–H and O–H groups in total. The first-order valence-corrected chi connectivity index (χ1v) is 12.9. The van der Waals surface area contributed by atoms with Crippen molar-refractivity contribution in [3.63, 3.8) is 0 Å². The number of ether oxygens (including phenoxy) is 3. The molecule has 1 aliphatic heterocycles. The number of aryl methyl sites for hydroxylation is 1. The van der Waals surface area contributed by atoms with Crippen molar-refractivity contribution in [3.05, 3.63) is 112 Å². The molecule has 40 heavy (non-hydrogen) atoms. The van der Waals surface area contributed by atoms with Crippen molar-refractivity contribution in [3.8, 4) is 29.1 Å². The molecule has 0 bridgehead atoms. The maximum atomic E-state index is 11.6. The van der Waals surface area contributed by atoms with Gasteiger partial charge in [0.05, 0.1) is 41.6 Å². The van der Waals surface area contributed by atoms with Crippen molar-refractivity contribution >= 4 is 5.97 Å². The number of hydrogen-bond acceptors (Lipinski definition) is 7. The van der Waals surface area contributed by atoms with Crippen molar-refractivity contribution in [1.29, 1.82) is 5.26 Å². The lowest BCUT2D eigenvalue weighted by Gasteiger charge is -2.25. The first-order valence-electron chi connectivity index (χ1n) is 12.9. The Morgan fingerprint density at radius 1 is 1.10 bits per heavy atom. The third kappa shape index (κ3) is 5.07. The summed E-state index contributed by atoms with van der Waals surface area (Å²) < 4.78 is 19.4. The minimum Gasteiger partial charge on any atom is -0.490 e. The largest absolute Gasteiger partial charge is 0.490 e. The van der Waals surface area contributed by atoms with Crippen LogP contribution in [0.1, 0.15) is 45.6 Å². The number of nitrogens with two attached hydrogens (primary N) is 1. The highest BCUT2D eigenvalue weighted by molar-refractivity contribution is 5.88. The van der Waals surface area contributed by atoms with Gasteiger partial charge in [0.15, 0.2) is 11.5 Å². The molecule has 202 valence electrons. The molecule has 9 heteroatoms. The van der Waals surface area contributed by atoms with Crippen LogP contribution in [0.4, 0.5) is 0 Å². The van der Waals surface area contributed by atoms with Gasteiger partial charge in [0.2, 0.25) is 11.8 Å². The summed E-state index contributed by atoms with van der Waals surface area (Å²) in [4.78, 5) is 11.6. The van der Waals surface area contributed by atoms with Crippen LogP contribution in [0.15, 0.2) is 84.3 Å². The molecule has 3 aromatic carbocycles. The number of nitriles is 1. The Labute approximate surface area is 231 Å². The van der Waals surface area contributed by atoms with Crippen LogP contribution >= 0.6 is 0 Å². The van der Waals surface area contributed by atoms with Gasteiger partial charge in [-0.05, 0) is 55.3 Å². The van der Waals surface area contributed by atoms with Gasteiger partial charge in [0.25, 0.3) is 0 Å². The van der Waals surface area contributed by atoms with Gasteiger partial charge in [-0.1, -0.05) is 42.5 Å². The molecule has 9 nitrogen and oxygen atoms in total. The summed E-state index contributed by atoms with van der Waals surface area (Å²) in [6, 6.07) is 24.2. The molecule has 0 saturated heterocycles. The monoisotopic (exact) mass is 536 g/mol. The standard InChI is InChI=1S/C31H28N4O5/c1-3-38-26-17-21(12-13-25(26)39-15-14-20-8-5-4-6-9-20)28-24(18-32)29(33)40-30-27(28)19(2)34-35(30)23-11-7-10-22(16-23)31(36)37/h4-13,16-17,28H,3,14-15,33H2,1-2H3,(H,36,37). The predicted molar refractivity (Wildman–Crippen MR) is 148 cm³/mol. The number of carboxylic acids is 1. The van der Waals surface area contributed by atoms with E-state index in [4.69, 9.17) is 19.9 Å². The minimum absolute atomic E-state index is 0.0447. The Kier molecular flexibility index (Phi) is 7.42. The first-order chi connectivity index (χ1) is 19.4. The van der Waals surface area contributed by atoms with E-state index in [1.54, 1.807) is 12.1 Å². The lowest BCUT2D eigenvalue weighted by molar-refractivity contribution is 0.0696. The fourth-order valence-corrected chi connectivity index (χ4v) is 4.81. The Morgan fingerprint density at radius 2 is 1.90 bits per heavy atom. The number of aromatic carboxylic acids is 1. The zero-order chi connectivity index (χ0) is 28.2. The van der Waals surface area contributed by atoms with Crippen molar-refractivity contribution in [2.24, 2.45) is 5.73 Å². The van der Waals surface area contributed by atoms with Gasteiger partial charge in [-0.3, -0.25) is 0 Å². The van der Waals surface area contributed by atoms with Crippen molar-refractivity contribution in [2.75, 3.05) is 13.2 Å². The maximum absolute atomic E-state index is 11.6. The third-order valence-electron chi connectivity index (χ3n) is 6.66. The number of carbonyl (C=O) groups is 1. The van der Waals surface area contributed by atoms with Crippen LogP contribution in [0.25, 0.3) is 5.69 Å². The zero-order valence-corrected chi connectivity index (χ0v) is 22.1. The van der Waals surface area contributed by atoms with E-state index in [2.05, 4.69) is 23.3 Å². The average Bonchev–Trinajstić information content (AvgIpc) is 3.29. The summed E-state index contributed by atoms with van der Waals surface area (Å²) in [6.07, 6.45) is 0.747. The maximum Gasteiger partial charge on any atom is 0.335 e. The second-order valence-corrected chi connectivity index (χ2v) is 9.22. The molecule has 1 aliphatic rings. The van der Waals surface area contributed by atoms with E-state index >= 15 is 0 Å². The highest BCUT2D eigenvalue weighted by atomic mass is 16.5. The van der Waals surface area contributed by atoms with Crippen molar-refractivity contribution in [2.45, 2.75) is 26.2 Å². The van der Waals surface area contributed by atoms with Gasteiger partial charge in [-0.15, -0.1) is 0 Å². The predicted octanol–water partition coefficient (Wildman–Crippen LogP) is 5.12. The number of fused-ring (bicyclic) bond motifs is 1. The van der Waals surface area contributed by atoms with Crippen molar-refractivity contribution in [1.82, 2.24) is 9.78 Å². The average molecular weight is 537 g/mol. The van der Waals surface area contributed by atoms with Gasteiger partial charge in [0.1, 0.15) is 11.6 Å². The van der Waals surface area contributed by atoms with E-state index in [1.807, 2.05) is 50.2 Å². The quantitative estimate of drug-likeness (QED) is 0.301. The number of aromatic nitrogens is 2. The van der Waals surface area contributed by atoms with Crippen LogP contribution < -0.4 is 19.9 Å². The zero-order valence-electron chi connectivity index (χ0n) is 22.1. The molecule has 4 aromatic rings. The second-order valence-electron chi connectivity index (χ2n) is 9.22. The lowest BCUT2D eigenvalue weighted by atomic mass is 9.84. The Balaban J connectivity index is 1.53. The summed E-state index contributed by atoms with van der Waals surface area (Å²) in [7, 11) is 0. The number of benzene rings is 3. The molecular formula is C31H28N4O5. The number of nitrogens with zero attached hydrogens (tertiary/aromatic N) is 3. The molecule has 0 spiro atoms. The number of rotatable bonds is 9. The molecule has 2 heterocycles. The summed E-state index contributed by atoms with van der Waals surface area (Å²) in [5, 5.41) is 24.2. The van der Waals surface area contributed by atoms with Crippen LogP contribution in [-0.4, -0.2) is 34.1 Å². The Morgan fingerprint density at radius 3 is 2.62 bits per heavy atom. The van der Waals surface area contributed by atoms with Gasteiger partial charge < -0.3 is 25.1 Å². The van der Waals surface area contributed by atoms with Crippen LogP contribution in [0.5, 0.6) is 17.4 Å². The lowest BCUT2D eigenvalue weighted by Crippen LogP contribution is -2.22. The Bertz CT molecular complexity index is 1640. The molecule has 0 saturated carbocycles. The van der Waals surface area contributed by atoms with E-state index < -0.39 is 11.9 Å². The number of hydrogen-bond donors (Lipinski definition) is 2. The molecule has 0 radical (unpaired) electrons. The molecular weight excluding hydrogens is 508 g/mol. The molecule has 0 amide bonds. The highest BCUT2D eigenvalue weighted by Crippen LogP contribution is 2.46. The summed E-state index contributed by atoms with van der Waals surface area (Å²) in [5.74, 6) is -0.209. The fraction of sp³-hybridized carbons (Fsp3) is 0.194.